The molecule has 5 heteroatoms. The molecule has 1 N–H and O–H groups in total. The molecule has 2 aromatic carbocycles. The van der Waals surface area contributed by atoms with Crippen LogP contribution in [0.2, 0.25) is 0 Å². The van der Waals surface area contributed by atoms with Gasteiger partial charge in [-0.2, -0.15) is 5.26 Å². The van der Waals surface area contributed by atoms with Crippen molar-refractivity contribution in [2.45, 2.75) is 13.8 Å². The van der Waals surface area contributed by atoms with Gasteiger partial charge >= 0.3 is 0 Å². The Kier molecular flexibility index (Phi) is 5.24. The van der Waals surface area contributed by atoms with E-state index in [-0.39, 0.29) is 0 Å². The van der Waals surface area contributed by atoms with Crippen LogP contribution in [0.15, 0.2) is 47.5 Å². The third-order valence-electron chi connectivity index (χ3n) is 4.10. The SMILES string of the molecule is C=CCOc1ccc(Br)cc1/C=C(\C#N)c1nc2cc(C)c(C)cc2[nH]1. The van der Waals surface area contributed by atoms with E-state index in [4.69, 9.17) is 4.74 Å². The largest absolute Gasteiger partial charge is 0.489 e. The first-order chi connectivity index (χ1) is 12.5. The number of allylic oxidation sites excluding steroid dienone is 1. The van der Waals surface area contributed by atoms with E-state index in [2.05, 4.69) is 52.4 Å². The minimum Gasteiger partial charge on any atom is -0.489 e. The van der Waals surface area contributed by atoms with Gasteiger partial charge in [0.2, 0.25) is 0 Å². The molecule has 0 aliphatic rings. The number of nitrogens with zero attached hydrogens (tertiary/aromatic N) is 2. The van der Waals surface area contributed by atoms with Crippen molar-refractivity contribution >= 4 is 38.6 Å². The monoisotopic (exact) mass is 407 g/mol. The van der Waals surface area contributed by atoms with Crippen LogP contribution in [-0.2, 0) is 0 Å². The predicted molar refractivity (Wildman–Crippen MR) is 109 cm³/mol. The second kappa shape index (κ2) is 7.59. The fourth-order valence-electron chi connectivity index (χ4n) is 2.62. The Hall–Kier alpha value is -2.84. The van der Waals surface area contributed by atoms with Crippen LogP contribution in [0, 0.1) is 25.2 Å². The van der Waals surface area contributed by atoms with Crippen molar-refractivity contribution in [1.29, 1.82) is 5.26 Å². The molecular formula is C21H18BrN3O. The number of ether oxygens (including phenoxy) is 1. The van der Waals surface area contributed by atoms with Gasteiger partial charge in [0.15, 0.2) is 0 Å². The minimum absolute atomic E-state index is 0.396. The van der Waals surface area contributed by atoms with Gasteiger partial charge in [-0.1, -0.05) is 28.6 Å². The Morgan fingerprint density at radius 1 is 1.31 bits per heavy atom. The van der Waals surface area contributed by atoms with Gasteiger partial charge in [0.1, 0.15) is 24.3 Å². The number of nitriles is 1. The van der Waals surface area contributed by atoms with Crippen LogP contribution in [0.4, 0.5) is 0 Å². The summed E-state index contributed by atoms with van der Waals surface area (Å²) in [4.78, 5) is 7.82. The van der Waals surface area contributed by atoms with Crippen LogP contribution in [0.5, 0.6) is 5.75 Å². The number of rotatable bonds is 5. The van der Waals surface area contributed by atoms with Gasteiger partial charge in [-0.3, -0.25) is 0 Å². The molecule has 0 unspecified atom stereocenters. The second-order valence-corrected chi connectivity index (χ2v) is 6.91. The molecule has 0 saturated heterocycles. The van der Waals surface area contributed by atoms with Gasteiger partial charge in [0.05, 0.1) is 16.6 Å². The summed E-state index contributed by atoms with van der Waals surface area (Å²) in [6, 6.07) is 12.0. The molecule has 26 heavy (non-hydrogen) atoms. The zero-order valence-corrected chi connectivity index (χ0v) is 16.2. The van der Waals surface area contributed by atoms with Crippen molar-refractivity contribution in [2.75, 3.05) is 6.61 Å². The van der Waals surface area contributed by atoms with Gasteiger partial charge in [0, 0.05) is 10.0 Å². The minimum atomic E-state index is 0.396. The average molecular weight is 408 g/mol. The van der Waals surface area contributed by atoms with Crippen LogP contribution >= 0.6 is 15.9 Å². The molecule has 0 aliphatic heterocycles. The highest BCUT2D eigenvalue weighted by molar-refractivity contribution is 9.10. The van der Waals surface area contributed by atoms with Crippen molar-refractivity contribution in [1.82, 2.24) is 9.97 Å². The highest BCUT2D eigenvalue weighted by Gasteiger charge is 2.11. The molecule has 0 saturated carbocycles. The maximum atomic E-state index is 9.66. The van der Waals surface area contributed by atoms with Gasteiger partial charge < -0.3 is 9.72 Å². The Morgan fingerprint density at radius 2 is 2.08 bits per heavy atom. The van der Waals surface area contributed by atoms with E-state index in [1.807, 2.05) is 30.3 Å². The fraction of sp³-hybridized carbons (Fsp3) is 0.143. The lowest BCUT2D eigenvalue weighted by atomic mass is 10.1. The van der Waals surface area contributed by atoms with Crippen LogP contribution in [0.1, 0.15) is 22.5 Å². The second-order valence-electron chi connectivity index (χ2n) is 5.99. The summed E-state index contributed by atoms with van der Waals surface area (Å²) in [6.07, 6.45) is 3.46. The average Bonchev–Trinajstić information content (AvgIpc) is 3.01. The molecule has 1 aromatic heterocycles. The first-order valence-corrected chi connectivity index (χ1v) is 8.93. The number of hydrogen-bond acceptors (Lipinski definition) is 3. The van der Waals surface area contributed by atoms with Crippen LogP contribution in [0.3, 0.4) is 0 Å². The molecule has 0 spiro atoms. The summed E-state index contributed by atoms with van der Waals surface area (Å²) >= 11 is 3.47. The highest BCUT2D eigenvalue weighted by Crippen LogP contribution is 2.28. The summed E-state index contributed by atoms with van der Waals surface area (Å²) < 4.78 is 6.59. The summed E-state index contributed by atoms with van der Waals surface area (Å²) in [5, 5.41) is 9.66. The molecule has 0 amide bonds. The lowest BCUT2D eigenvalue weighted by Gasteiger charge is -2.08. The summed E-state index contributed by atoms with van der Waals surface area (Å²) in [6.45, 7) is 8.17. The Bertz CT molecular complexity index is 1020. The number of hydrogen-bond donors (Lipinski definition) is 1. The van der Waals surface area contributed by atoms with E-state index >= 15 is 0 Å². The maximum Gasteiger partial charge on any atom is 0.149 e. The first kappa shape index (κ1) is 18.0. The van der Waals surface area contributed by atoms with E-state index in [0.717, 1.165) is 21.1 Å². The number of aromatic nitrogens is 2. The molecular weight excluding hydrogens is 390 g/mol. The molecule has 3 rings (SSSR count). The third kappa shape index (κ3) is 3.71. The van der Waals surface area contributed by atoms with Gasteiger partial charge in [0.25, 0.3) is 0 Å². The molecule has 130 valence electrons. The van der Waals surface area contributed by atoms with Crippen LogP contribution in [0.25, 0.3) is 22.7 Å². The summed E-state index contributed by atoms with van der Waals surface area (Å²) in [5.74, 6) is 1.23. The number of benzene rings is 2. The van der Waals surface area contributed by atoms with E-state index in [0.29, 0.717) is 23.8 Å². The zero-order chi connectivity index (χ0) is 18.7. The van der Waals surface area contributed by atoms with E-state index < -0.39 is 0 Å². The summed E-state index contributed by atoms with van der Waals surface area (Å²) in [7, 11) is 0. The molecule has 4 nitrogen and oxygen atoms in total. The summed E-state index contributed by atoms with van der Waals surface area (Å²) in [5.41, 5.74) is 5.36. The smallest absolute Gasteiger partial charge is 0.149 e. The predicted octanol–water partition coefficient (Wildman–Crippen LogP) is 5.57. The van der Waals surface area contributed by atoms with Crippen molar-refractivity contribution in [3.63, 3.8) is 0 Å². The van der Waals surface area contributed by atoms with Crippen LogP contribution < -0.4 is 4.74 Å². The van der Waals surface area contributed by atoms with Crippen molar-refractivity contribution in [3.8, 4) is 11.8 Å². The Labute approximate surface area is 161 Å². The van der Waals surface area contributed by atoms with Gasteiger partial charge in [-0.05, 0) is 61.4 Å². The third-order valence-corrected chi connectivity index (χ3v) is 4.59. The first-order valence-electron chi connectivity index (χ1n) is 8.14. The van der Waals surface area contributed by atoms with Crippen molar-refractivity contribution < 1.29 is 4.74 Å². The number of imidazole rings is 1. The number of H-pyrrole nitrogens is 1. The Morgan fingerprint density at radius 3 is 2.81 bits per heavy atom. The molecule has 0 atom stereocenters. The highest BCUT2D eigenvalue weighted by atomic mass is 79.9. The van der Waals surface area contributed by atoms with Crippen LogP contribution in [-0.4, -0.2) is 16.6 Å². The molecule has 1 heterocycles. The van der Waals surface area contributed by atoms with Gasteiger partial charge in [-0.25, -0.2) is 4.98 Å². The quantitative estimate of drug-likeness (QED) is 0.443. The van der Waals surface area contributed by atoms with E-state index in [9.17, 15) is 5.26 Å². The topological polar surface area (TPSA) is 61.7 Å². The van der Waals surface area contributed by atoms with E-state index in [1.165, 1.54) is 11.1 Å². The molecule has 0 bridgehead atoms. The number of nitrogens with one attached hydrogen (secondary N) is 1. The van der Waals surface area contributed by atoms with Crippen molar-refractivity contribution in [2.24, 2.45) is 0 Å². The lowest BCUT2D eigenvalue weighted by molar-refractivity contribution is 0.362. The zero-order valence-electron chi connectivity index (χ0n) is 14.6. The molecule has 0 radical (unpaired) electrons. The number of fused-ring (bicyclic) bond motifs is 1. The standard InChI is InChI=1S/C21H18BrN3O/c1-4-7-26-20-6-5-17(22)11-15(20)10-16(12-23)21-24-18-8-13(2)14(3)9-19(18)25-21/h4-6,8-11H,1,7H2,2-3H3,(H,24,25)/b16-10+. The van der Waals surface area contributed by atoms with Gasteiger partial charge in [-0.15, -0.1) is 0 Å². The lowest BCUT2D eigenvalue weighted by Crippen LogP contribution is -1.95. The molecule has 3 aromatic rings. The van der Waals surface area contributed by atoms with Crippen molar-refractivity contribution in [3.05, 3.63) is 70.0 Å². The normalized spacial score (nSPS) is 11.4. The fourth-order valence-corrected chi connectivity index (χ4v) is 3.00. The Balaban J connectivity index is 2.08. The maximum absolute atomic E-state index is 9.66. The molecule has 0 fully saturated rings. The molecule has 0 aliphatic carbocycles. The number of aryl methyl sites for hydroxylation is 2. The number of aromatic amines is 1. The van der Waals surface area contributed by atoms with E-state index in [1.54, 1.807) is 12.2 Å². The number of halogens is 1.